The van der Waals surface area contributed by atoms with Crippen LogP contribution in [0.3, 0.4) is 0 Å². The molecule has 0 atom stereocenters. The predicted octanol–water partition coefficient (Wildman–Crippen LogP) is 4.25. The van der Waals surface area contributed by atoms with Gasteiger partial charge in [0.05, 0.1) is 31.8 Å². The number of carbonyl (C=O) groups is 1. The van der Waals surface area contributed by atoms with Crippen molar-refractivity contribution in [1.29, 1.82) is 0 Å². The summed E-state index contributed by atoms with van der Waals surface area (Å²) >= 11 is 12.1. The Hall–Kier alpha value is -3.47. The van der Waals surface area contributed by atoms with Crippen molar-refractivity contribution in [3.05, 3.63) is 98.5 Å². The molecular formula is C21H16Cl2N4O5S. The van der Waals surface area contributed by atoms with Crippen LogP contribution in [0.25, 0.3) is 0 Å². The summed E-state index contributed by atoms with van der Waals surface area (Å²) < 4.78 is 27.2. The van der Waals surface area contributed by atoms with Gasteiger partial charge in [0, 0.05) is 17.7 Å². The minimum atomic E-state index is -4.23. The standard InChI is InChI=1S/C21H16Cl2N4O5S/c22-19-10-5-11-20(23)18(19)13-24-25-21(28)14-26(15-6-4-7-16(12-15)27(29)30)33(31,32)17-8-2-1-3-9-17/h1-13H,14H2,(H,25,28)/b24-13-. The van der Waals surface area contributed by atoms with Gasteiger partial charge in [0.15, 0.2) is 0 Å². The van der Waals surface area contributed by atoms with E-state index < -0.39 is 27.4 Å². The fraction of sp³-hybridized carbons (Fsp3) is 0.0476. The van der Waals surface area contributed by atoms with Gasteiger partial charge in [0.2, 0.25) is 0 Å². The molecule has 0 saturated carbocycles. The van der Waals surface area contributed by atoms with Crippen LogP contribution >= 0.6 is 23.2 Å². The number of nitrogens with one attached hydrogen (secondary N) is 1. The summed E-state index contributed by atoms with van der Waals surface area (Å²) in [5.74, 6) is -0.791. The summed E-state index contributed by atoms with van der Waals surface area (Å²) in [5, 5.41) is 15.6. The van der Waals surface area contributed by atoms with E-state index in [-0.39, 0.29) is 16.3 Å². The summed E-state index contributed by atoms with van der Waals surface area (Å²) in [6.45, 7) is -0.689. The average Bonchev–Trinajstić information content (AvgIpc) is 2.80. The van der Waals surface area contributed by atoms with E-state index in [9.17, 15) is 23.3 Å². The molecule has 0 aromatic heterocycles. The lowest BCUT2D eigenvalue weighted by molar-refractivity contribution is -0.384. The Labute approximate surface area is 199 Å². The molecule has 0 aliphatic carbocycles. The zero-order valence-electron chi connectivity index (χ0n) is 16.8. The van der Waals surface area contributed by atoms with E-state index >= 15 is 0 Å². The lowest BCUT2D eigenvalue weighted by Crippen LogP contribution is -2.39. The SMILES string of the molecule is O=C(CN(c1cccc([N+](=O)[O-])c1)S(=O)(=O)c1ccccc1)N/N=C\c1c(Cl)cccc1Cl. The summed E-state index contributed by atoms with van der Waals surface area (Å²) in [7, 11) is -4.23. The number of hydrogen-bond acceptors (Lipinski definition) is 6. The molecule has 9 nitrogen and oxygen atoms in total. The molecule has 1 N–H and O–H groups in total. The molecule has 0 radical (unpaired) electrons. The van der Waals surface area contributed by atoms with Crippen LogP contribution in [0.1, 0.15) is 5.56 Å². The van der Waals surface area contributed by atoms with Crippen molar-refractivity contribution in [3.63, 3.8) is 0 Å². The van der Waals surface area contributed by atoms with E-state index in [2.05, 4.69) is 10.5 Å². The van der Waals surface area contributed by atoms with E-state index in [1.165, 1.54) is 48.7 Å². The second-order valence-corrected chi connectivity index (χ2v) is 9.21. The number of hydrazone groups is 1. The number of nitro groups is 1. The van der Waals surface area contributed by atoms with Crippen LogP contribution < -0.4 is 9.73 Å². The normalized spacial score (nSPS) is 11.3. The molecule has 3 aromatic rings. The lowest BCUT2D eigenvalue weighted by Gasteiger charge is -2.23. The zero-order chi connectivity index (χ0) is 24.0. The lowest BCUT2D eigenvalue weighted by atomic mass is 10.2. The van der Waals surface area contributed by atoms with Gasteiger partial charge in [-0.05, 0) is 30.3 Å². The van der Waals surface area contributed by atoms with Gasteiger partial charge in [-0.2, -0.15) is 5.10 Å². The first-order valence-electron chi connectivity index (χ1n) is 9.28. The van der Waals surface area contributed by atoms with E-state index in [4.69, 9.17) is 23.2 Å². The molecule has 170 valence electrons. The Bertz CT molecular complexity index is 1300. The maximum Gasteiger partial charge on any atom is 0.271 e. The van der Waals surface area contributed by atoms with Crippen molar-refractivity contribution in [2.24, 2.45) is 5.10 Å². The number of carbonyl (C=O) groups excluding carboxylic acids is 1. The Morgan fingerprint density at radius 2 is 1.67 bits per heavy atom. The molecule has 0 unspecified atom stereocenters. The van der Waals surface area contributed by atoms with Crippen molar-refractivity contribution in [1.82, 2.24) is 5.43 Å². The number of nitro benzene ring substituents is 1. The van der Waals surface area contributed by atoms with Crippen LogP contribution in [0.5, 0.6) is 0 Å². The minimum Gasteiger partial charge on any atom is -0.271 e. The van der Waals surface area contributed by atoms with Crippen molar-refractivity contribution >= 4 is 56.7 Å². The van der Waals surface area contributed by atoms with Crippen LogP contribution in [-0.2, 0) is 14.8 Å². The van der Waals surface area contributed by atoms with Gasteiger partial charge in [0.25, 0.3) is 21.6 Å². The number of anilines is 1. The molecular weight excluding hydrogens is 491 g/mol. The third-order valence-electron chi connectivity index (χ3n) is 4.33. The summed E-state index contributed by atoms with van der Waals surface area (Å²) in [6, 6.07) is 17.2. The number of benzene rings is 3. The van der Waals surface area contributed by atoms with Crippen molar-refractivity contribution in [3.8, 4) is 0 Å². The molecule has 33 heavy (non-hydrogen) atoms. The number of halogens is 2. The monoisotopic (exact) mass is 506 g/mol. The van der Waals surface area contributed by atoms with E-state index in [0.29, 0.717) is 15.6 Å². The highest BCUT2D eigenvalue weighted by Gasteiger charge is 2.28. The van der Waals surface area contributed by atoms with Gasteiger partial charge >= 0.3 is 0 Å². The van der Waals surface area contributed by atoms with Crippen molar-refractivity contribution in [2.75, 3.05) is 10.8 Å². The molecule has 0 spiro atoms. The Morgan fingerprint density at radius 3 is 2.30 bits per heavy atom. The van der Waals surface area contributed by atoms with Crippen LogP contribution in [0.2, 0.25) is 10.0 Å². The number of amides is 1. The first-order valence-corrected chi connectivity index (χ1v) is 11.5. The quantitative estimate of drug-likeness (QED) is 0.278. The minimum absolute atomic E-state index is 0.0543. The van der Waals surface area contributed by atoms with Gasteiger partial charge in [-0.25, -0.2) is 13.8 Å². The molecule has 3 aromatic carbocycles. The fourth-order valence-electron chi connectivity index (χ4n) is 2.77. The molecule has 0 bridgehead atoms. The van der Waals surface area contributed by atoms with Crippen molar-refractivity contribution in [2.45, 2.75) is 4.90 Å². The molecule has 0 fully saturated rings. The number of rotatable bonds is 8. The second-order valence-electron chi connectivity index (χ2n) is 6.53. The first-order chi connectivity index (χ1) is 15.7. The summed E-state index contributed by atoms with van der Waals surface area (Å²) in [6.07, 6.45) is 1.23. The van der Waals surface area contributed by atoms with Gasteiger partial charge in [-0.3, -0.25) is 19.2 Å². The highest BCUT2D eigenvalue weighted by Crippen LogP contribution is 2.27. The van der Waals surface area contributed by atoms with Gasteiger partial charge < -0.3 is 0 Å². The van der Waals surface area contributed by atoms with Gasteiger partial charge in [0.1, 0.15) is 6.54 Å². The van der Waals surface area contributed by atoms with E-state index in [1.807, 2.05) is 0 Å². The number of hydrogen-bond donors (Lipinski definition) is 1. The molecule has 0 aliphatic rings. The Morgan fingerprint density at radius 1 is 1.03 bits per heavy atom. The molecule has 0 aliphatic heterocycles. The Balaban J connectivity index is 1.90. The maximum atomic E-state index is 13.2. The largest absolute Gasteiger partial charge is 0.271 e. The Kier molecular flexibility index (Phi) is 7.64. The fourth-order valence-corrected chi connectivity index (χ4v) is 4.69. The third-order valence-corrected chi connectivity index (χ3v) is 6.78. The molecule has 3 rings (SSSR count). The van der Waals surface area contributed by atoms with Crippen LogP contribution in [-0.4, -0.2) is 32.0 Å². The smallest absolute Gasteiger partial charge is 0.271 e. The highest BCUT2D eigenvalue weighted by molar-refractivity contribution is 7.92. The number of nitrogens with zero attached hydrogens (tertiary/aromatic N) is 3. The number of sulfonamides is 1. The molecule has 0 heterocycles. The van der Waals surface area contributed by atoms with Crippen molar-refractivity contribution < 1.29 is 18.1 Å². The summed E-state index contributed by atoms with van der Waals surface area (Å²) in [5.41, 5.74) is 2.21. The zero-order valence-corrected chi connectivity index (χ0v) is 19.1. The average molecular weight is 507 g/mol. The maximum absolute atomic E-state index is 13.2. The van der Waals surface area contributed by atoms with Crippen LogP contribution in [0.4, 0.5) is 11.4 Å². The topological polar surface area (TPSA) is 122 Å². The second kappa shape index (κ2) is 10.4. The molecule has 1 amide bonds. The van der Waals surface area contributed by atoms with Gasteiger partial charge in [-0.15, -0.1) is 0 Å². The first kappa shape index (κ1) is 24.2. The molecule has 12 heteroatoms. The van der Waals surface area contributed by atoms with E-state index in [1.54, 1.807) is 24.3 Å². The van der Waals surface area contributed by atoms with Crippen LogP contribution in [0.15, 0.2) is 82.8 Å². The highest BCUT2D eigenvalue weighted by atomic mass is 35.5. The third kappa shape index (κ3) is 5.86. The number of non-ortho nitro benzene ring substituents is 1. The summed E-state index contributed by atoms with van der Waals surface area (Å²) in [4.78, 5) is 23.0. The molecule has 0 saturated heterocycles. The van der Waals surface area contributed by atoms with E-state index in [0.717, 1.165) is 10.4 Å². The predicted molar refractivity (Wildman–Crippen MR) is 126 cm³/mol. The van der Waals surface area contributed by atoms with Gasteiger partial charge in [-0.1, -0.05) is 53.5 Å². The van der Waals surface area contributed by atoms with Crippen LogP contribution in [0, 0.1) is 10.1 Å².